The number of carbonyl (C=O) groups excluding carboxylic acids is 1. The van der Waals surface area contributed by atoms with Crippen molar-refractivity contribution in [3.8, 4) is 16.3 Å². The highest BCUT2D eigenvalue weighted by atomic mass is 32.1. The second-order valence-corrected chi connectivity index (χ2v) is 7.34. The Balaban J connectivity index is 1.81. The van der Waals surface area contributed by atoms with E-state index >= 15 is 0 Å². The molecule has 2 N–H and O–H groups in total. The zero-order valence-electron chi connectivity index (χ0n) is 15.3. The van der Waals surface area contributed by atoms with Crippen molar-refractivity contribution < 1.29 is 24.2 Å². The van der Waals surface area contributed by atoms with Gasteiger partial charge in [0.1, 0.15) is 21.2 Å². The zero-order valence-corrected chi connectivity index (χ0v) is 16.1. The predicted octanol–water partition coefficient (Wildman–Crippen LogP) is 2.88. The summed E-state index contributed by atoms with van der Waals surface area (Å²) in [7, 11) is 0. The van der Waals surface area contributed by atoms with Crippen LogP contribution >= 0.6 is 11.3 Å². The first-order chi connectivity index (χ1) is 12.9. The first-order valence-electron chi connectivity index (χ1n) is 8.79. The zero-order chi connectivity index (χ0) is 19.4. The summed E-state index contributed by atoms with van der Waals surface area (Å²) >= 11 is 1.25. The van der Waals surface area contributed by atoms with E-state index in [1.54, 1.807) is 6.92 Å². The molecule has 1 saturated heterocycles. The molecule has 1 aliphatic heterocycles. The van der Waals surface area contributed by atoms with Crippen LogP contribution in [0.1, 0.15) is 35.1 Å². The molecule has 0 spiro atoms. The van der Waals surface area contributed by atoms with Crippen LogP contribution in [0.25, 0.3) is 10.6 Å². The molecule has 1 aromatic carbocycles. The van der Waals surface area contributed by atoms with Gasteiger partial charge in [0.25, 0.3) is 5.91 Å². The van der Waals surface area contributed by atoms with Gasteiger partial charge in [-0.25, -0.2) is 9.78 Å². The number of aliphatic carboxylic acids is 1. The Bertz CT molecular complexity index is 825. The lowest BCUT2D eigenvalue weighted by Crippen LogP contribution is -2.57. The van der Waals surface area contributed by atoms with Gasteiger partial charge in [-0.2, -0.15) is 0 Å². The van der Waals surface area contributed by atoms with Gasteiger partial charge < -0.3 is 19.9 Å². The van der Waals surface area contributed by atoms with Crippen molar-refractivity contribution in [2.45, 2.75) is 32.2 Å². The minimum absolute atomic E-state index is 0.248. The molecule has 1 aliphatic rings. The molecular weight excluding hydrogens is 368 g/mol. The molecule has 0 unspecified atom stereocenters. The van der Waals surface area contributed by atoms with Crippen LogP contribution in [0, 0.1) is 6.92 Å². The Labute approximate surface area is 161 Å². The van der Waals surface area contributed by atoms with Crippen molar-refractivity contribution in [3.05, 3.63) is 34.8 Å². The van der Waals surface area contributed by atoms with Crippen molar-refractivity contribution in [2.24, 2.45) is 0 Å². The second-order valence-electron chi connectivity index (χ2n) is 6.34. The Morgan fingerprint density at radius 1 is 1.30 bits per heavy atom. The number of hydrogen-bond acceptors (Lipinski definition) is 6. The highest BCUT2D eigenvalue weighted by molar-refractivity contribution is 7.17. The fourth-order valence-corrected chi connectivity index (χ4v) is 3.94. The summed E-state index contributed by atoms with van der Waals surface area (Å²) in [6.07, 6.45) is 0.495. The number of aromatic nitrogens is 1. The summed E-state index contributed by atoms with van der Waals surface area (Å²) in [6.45, 7) is 4.89. The van der Waals surface area contributed by atoms with Gasteiger partial charge in [0.15, 0.2) is 0 Å². The fraction of sp³-hybridized carbons (Fsp3) is 0.421. The number of hydrogen-bond donors (Lipinski definition) is 2. The molecule has 0 radical (unpaired) electrons. The lowest BCUT2D eigenvalue weighted by Gasteiger charge is -2.33. The van der Waals surface area contributed by atoms with Crippen LogP contribution in [0.15, 0.2) is 24.3 Å². The third-order valence-corrected chi connectivity index (χ3v) is 5.73. The summed E-state index contributed by atoms with van der Waals surface area (Å²) in [5.41, 5.74) is 0.170. The maximum Gasteiger partial charge on any atom is 0.329 e. The van der Waals surface area contributed by atoms with Crippen LogP contribution in [0.5, 0.6) is 5.75 Å². The number of carboxylic acids is 1. The van der Waals surface area contributed by atoms with Gasteiger partial charge in [0.05, 0.1) is 12.3 Å². The van der Waals surface area contributed by atoms with Crippen LogP contribution < -0.4 is 10.1 Å². The number of benzene rings is 1. The average Bonchev–Trinajstić information content (AvgIpc) is 3.05. The standard InChI is InChI=1S/C19H22N2O5S/c1-3-26-14-6-4-13(5-7-14)17-20-12(2)15(27-17)16(22)21-19(18(23)24)8-10-25-11-9-19/h4-7H,3,8-11H2,1-2H3,(H,21,22)(H,23,24). The van der Waals surface area contributed by atoms with Gasteiger partial charge >= 0.3 is 5.97 Å². The molecule has 0 saturated carbocycles. The lowest BCUT2D eigenvalue weighted by molar-refractivity contribution is -0.148. The number of ether oxygens (including phenoxy) is 2. The molecular formula is C19H22N2O5S. The van der Waals surface area contributed by atoms with E-state index in [-0.39, 0.29) is 12.8 Å². The van der Waals surface area contributed by atoms with Crippen molar-refractivity contribution >= 4 is 23.2 Å². The number of aryl methyl sites for hydroxylation is 1. The fourth-order valence-electron chi connectivity index (χ4n) is 2.98. The first kappa shape index (κ1) is 19.3. The molecule has 1 aromatic heterocycles. The summed E-state index contributed by atoms with van der Waals surface area (Å²) in [6, 6.07) is 7.50. The molecule has 0 atom stereocenters. The highest BCUT2D eigenvalue weighted by Gasteiger charge is 2.42. The van der Waals surface area contributed by atoms with E-state index < -0.39 is 17.4 Å². The minimum atomic E-state index is -1.29. The topological polar surface area (TPSA) is 97.8 Å². The smallest absolute Gasteiger partial charge is 0.329 e. The number of rotatable bonds is 6. The van der Waals surface area contributed by atoms with Crippen molar-refractivity contribution in [1.29, 1.82) is 0 Å². The number of nitrogens with zero attached hydrogens (tertiary/aromatic N) is 1. The van der Waals surface area contributed by atoms with Crippen molar-refractivity contribution in [1.82, 2.24) is 10.3 Å². The molecule has 0 aliphatic carbocycles. The first-order valence-corrected chi connectivity index (χ1v) is 9.61. The van der Waals surface area contributed by atoms with Crippen LogP contribution in [0.4, 0.5) is 0 Å². The summed E-state index contributed by atoms with van der Waals surface area (Å²) in [4.78, 5) is 29.4. The summed E-state index contributed by atoms with van der Waals surface area (Å²) < 4.78 is 10.7. The number of nitrogens with one attached hydrogen (secondary N) is 1. The molecule has 3 rings (SSSR count). The third-order valence-electron chi connectivity index (χ3n) is 4.52. The van der Waals surface area contributed by atoms with Gasteiger partial charge in [-0.15, -0.1) is 11.3 Å². The van der Waals surface area contributed by atoms with E-state index in [4.69, 9.17) is 9.47 Å². The number of amides is 1. The monoisotopic (exact) mass is 390 g/mol. The molecule has 1 amide bonds. The molecule has 0 bridgehead atoms. The molecule has 144 valence electrons. The van der Waals surface area contributed by atoms with Crippen LogP contribution in [-0.2, 0) is 9.53 Å². The quantitative estimate of drug-likeness (QED) is 0.787. The number of carbonyl (C=O) groups is 2. The van der Waals surface area contributed by atoms with E-state index in [0.717, 1.165) is 11.3 Å². The van der Waals surface area contributed by atoms with Crippen LogP contribution in [0.2, 0.25) is 0 Å². The van der Waals surface area contributed by atoms with Gasteiger partial charge in [-0.05, 0) is 38.1 Å². The summed E-state index contributed by atoms with van der Waals surface area (Å²) in [5.74, 6) is -0.671. The Morgan fingerprint density at radius 3 is 2.56 bits per heavy atom. The Morgan fingerprint density at radius 2 is 1.96 bits per heavy atom. The van der Waals surface area contributed by atoms with E-state index in [0.29, 0.717) is 35.4 Å². The maximum absolute atomic E-state index is 12.8. The van der Waals surface area contributed by atoms with Gasteiger partial charge in [0.2, 0.25) is 0 Å². The van der Waals surface area contributed by atoms with Gasteiger partial charge in [-0.1, -0.05) is 0 Å². The molecule has 2 aromatic rings. The van der Waals surface area contributed by atoms with Crippen molar-refractivity contribution in [2.75, 3.05) is 19.8 Å². The van der Waals surface area contributed by atoms with E-state index in [9.17, 15) is 14.7 Å². The number of thiazole rings is 1. The van der Waals surface area contributed by atoms with Gasteiger partial charge in [-0.3, -0.25) is 4.79 Å². The Kier molecular flexibility index (Phi) is 5.76. The maximum atomic E-state index is 12.8. The van der Waals surface area contributed by atoms with Crippen LogP contribution in [0.3, 0.4) is 0 Å². The van der Waals surface area contributed by atoms with E-state index in [2.05, 4.69) is 10.3 Å². The average molecular weight is 390 g/mol. The molecule has 7 nitrogen and oxygen atoms in total. The Hall–Kier alpha value is -2.45. The highest BCUT2D eigenvalue weighted by Crippen LogP contribution is 2.30. The molecule has 1 fully saturated rings. The largest absolute Gasteiger partial charge is 0.494 e. The van der Waals surface area contributed by atoms with E-state index in [1.807, 2.05) is 31.2 Å². The summed E-state index contributed by atoms with van der Waals surface area (Å²) in [5, 5.41) is 13.0. The molecule has 27 heavy (non-hydrogen) atoms. The SMILES string of the molecule is CCOc1ccc(-c2nc(C)c(C(=O)NC3(C(=O)O)CCOCC3)s2)cc1. The van der Waals surface area contributed by atoms with Crippen molar-refractivity contribution in [3.63, 3.8) is 0 Å². The predicted molar refractivity (Wildman–Crippen MR) is 101 cm³/mol. The van der Waals surface area contributed by atoms with Crippen LogP contribution in [-0.4, -0.2) is 47.3 Å². The number of carboxylic acid groups (broad SMARTS) is 1. The molecule has 8 heteroatoms. The molecule has 2 heterocycles. The minimum Gasteiger partial charge on any atom is -0.494 e. The lowest BCUT2D eigenvalue weighted by atomic mass is 9.90. The normalized spacial score (nSPS) is 15.9. The second kappa shape index (κ2) is 8.06. The van der Waals surface area contributed by atoms with E-state index in [1.165, 1.54) is 11.3 Å². The van der Waals surface area contributed by atoms with Gasteiger partial charge in [0, 0.05) is 31.6 Å². The third kappa shape index (κ3) is 4.12.